The Kier molecular flexibility index (Phi) is 5.67. The minimum absolute atomic E-state index is 0.129. The van der Waals surface area contributed by atoms with Gasteiger partial charge in [-0.05, 0) is 24.5 Å². The van der Waals surface area contributed by atoms with Crippen LogP contribution in [0.2, 0.25) is 0 Å². The third-order valence-electron chi connectivity index (χ3n) is 2.59. The molecule has 1 aromatic rings. The van der Waals surface area contributed by atoms with Gasteiger partial charge in [-0.15, -0.1) is 0 Å². The predicted octanol–water partition coefficient (Wildman–Crippen LogP) is 3.16. The monoisotopic (exact) mass is 235 g/mol. The van der Waals surface area contributed by atoms with Gasteiger partial charge in [-0.3, -0.25) is 9.78 Å². The lowest BCUT2D eigenvalue weighted by molar-refractivity contribution is -0.145. The number of aromatic nitrogens is 1. The number of hydrogen-bond donors (Lipinski definition) is 0. The van der Waals surface area contributed by atoms with E-state index in [9.17, 15) is 4.79 Å². The maximum atomic E-state index is 11.6. The van der Waals surface area contributed by atoms with Gasteiger partial charge in [0.25, 0.3) is 0 Å². The molecule has 0 aliphatic heterocycles. The summed E-state index contributed by atoms with van der Waals surface area (Å²) in [5.74, 6) is 0.418. The molecule has 1 heterocycles. The summed E-state index contributed by atoms with van der Waals surface area (Å²) in [6, 6.07) is 5.79. The third-order valence-corrected chi connectivity index (χ3v) is 2.59. The Balaban J connectivity index is 2.50. The molecule has 17 heavy (non-hydrogen) atoms. The molecule has 0 fully saturated rings. The summed E-state index contributed by atoms with van der Waals surface area (Å²) in [5.41, 5.74) is 0.969. The Bertz CT molecular complexity index is 335. The Labute approximate surface area is 103 Å². The fraction of sp³-hybridized carbons (Fsp3) is 0.571. The number of pyridine rings is 1. The van der Waals surface area contributed by atoms with Crippen molar-refractivity contribution < 1.29 is 9.53 Å². The van der Waals surface area contributed by atoms with Gasteiger partial charge in [0.1, 0.15) is 0 Å². The Morgan fingerprint density at radius 3 is 2.71 bits per heavy atom. The summed E-state index contributed by atoms with van der Waals surface area (Å²) in [4.78, 5) is 15.9. The van der Waals surface area contributed by atoms with Crippen LogP contribution in [0.3, 0.4) is 0 Å². The fourth-order valence-electron chi connectivity index (χ4n) is 1.60. The van der Waals surface area contributed by atoms with Crippen molar-refractivity contribution in [1.29, 1.82) is 0 Å². The van der Waals surface area contributed by atoms with E-state index < -0.39 is 0 Å². The van der Waals surface area contributed by atoms with Crippen molar-refractivity contribution in [1.82, 2.24) is 4.98 Å². The van der Waals surface area contributed by atoms with Gasteiger partial charge in [0.2, 0.25) is 0 Å². The average molecular weight is 235 g/mol. The SMILES string of the molecule is CCC(CC(=O)OCC(C)C)c1ccccn1. The first-order valence-electron chi connectivity index (χ1n) is 6.20. The largest absolute Gasteiger partial charge is 0.465 e. The molecular formula is C14H21NO2. The van der Waals surface area contributed by atoms with E-state index in [1.165, 1.54) is 0 Å². The molecule has 0 spiro atoms. The molecule has 3 nitrogen and oxygen atoms in total. The van der Waals surface area contributed by atoms with Crippen LogP contribution in [0.25, 0.3) is 0 Å². The molecular weight excluding hydrogens is 214 g/mol. The Morgan fingerprint density at radius 1 is 1.41 bits per heavy atom. The number of esters is 1. The maximum absolute atomic E-state index is 11.6. The highest BCUT2D eigenvalue weighted by atomic mass is 16.5. The first-order chi connectivity index (χ1) is 8.13. The highest BCUT2D eigenvalue weighted by molar-refractivity contribution is 5.70. The molecule has 0 N–H and O–H groups in total. The molecule has 3 heteroatoms. The van der Waals surface area contributed by atoms with Crippen LogP contribution < -0.4 is 0 Å². The number of rotatable bonds is 6. The van der Waals surface area contributed by atoms with Crippen molar-refractivity contribution in [2.24, 2.45) is 5.92 Å². The zero-order valence-electron chi connectivity index (χ0n) is 10.8. The summed E-state index contributed by atoms with van der Waals surface area (Å²) >= 11 is 0. The van der Waals surface area contributed by atoms with E-state index in [2.05, 4.69) is 11.9 Å². The van der Waals surface area contributed by atoms with Crippen LogP contribution in [0.4, 0.5) is 0 Å². The van der Waals surface area contributed by atoms with Gasteiger partial charge in [-0.2, -0.15) is 0 Å². The molecule has 0 bridgehead atoms. The van der Waals surface area contributed by atoms with Gasteiger partial charge in [0.05, 0.1) is 13.0 Å². The van der Waals surface area contributed by atoms with E-state index in [0.717, 1.165) is 12.1 Å². The van der Waals surface area contributed by atoms with E-state index in [0.29, 0.717) is 18.9 Å². The van der Waals surface area contributed by atoms with Crippen molar-refractivity contribution in [2.45, 2.75) is 39.5 Å². The van der Waals surface area contributed by atoms with E-state index in [1.54, 1.807) is 6.20 Å². The number of ether oxygens (including phenoxy) is 1. The molecule has 0 radical (unpaired) electrons. The highest BCUT2D eigenvalue weighted by Gasteiger charge is 2.16. The van der Waals surface area contributed by atoms with Crippen molar-refractivity contribution in [2.75, 3.05) is 6.61 Å². The molecule has 0 saturated heterocycles. The standard InChI is InChI=1S/C14H21NO2/c1-4-12(13-7-5-6-8-15-13)9-14(16)17-10-11(2)3/h5-8,11-12H,4,9-10H2,1-3H3. The normalized spacial score (nSPS) is 12.5. The number of nitrogens with zero attached hydrogens (tertiary/aromatic N) is 1. The van der Waals surface area contributed by atoms with Crippen LogP contribution in [0.15, 0.2) is 24.4 Å². The lowest BCUT2D eigenvalue weighted by atomic mass is 9.98. The summed E-state index contributed by atoms with van der Waals surface area (Å²) in [6.45, 7) is 6.62. The molecule has 1 unspecified atom stereocenters. The lowest BCUT2D eigenvalue weighted by Gasteiger charge is -2.14. The van der Waals surface area contributed by atoms with Crippen molar-refractivity contribution in [3.63, 3.8) is 0 Å². The average Bonchev–Trinajstić information content (AvgIpc) is 2.34. The van der Waals surface area contributed by atoms with Gasteiger partial charge < -0.3 is 4.74 Å². The van der Waals surface area contributed by atoms with Gasteiger partial charge in [-0.1, -0.05) is 26.8 Å². The minimum atomic E-state index is -0.129. The predicted molar refractivity (Wildman–Crippen MR) is 67.7 cm³/mol. The molecule has 0 aromatic carbocycles. The van der Waals surface area contributed by atoms with Crippen LogP contribution in [0.5, 0.6) is 0 Å². The zero-order chi connectivity index (χ0) is 12.7. The van der Waals surface area contributed by atoms with Gasteiger partial charge in [0.15, 0.2) is 0 Å². The quantitative estimate of drug-likeness (QED) is 0.711. The summed E-state index contributed by atoms with van der Waals surface area (Å²) in [7, 11) is 0. The second kappa shape index (κ2) is 7.05. The van der Waals surface area contributed by atoms with Crippen LogP contribution in [-0.4, -0.2) is 17.6 Å². The molecule has 1 aromatic heterocycles. The van der Waals surface area contributed by atoms with Crippen LogP contribution >= 0.6 is 0 Å². The van der Waals surface area contributed by atoms with Crippen LogP contribution in [-0.2, 0) is 9.53 Å². The van der Waals surface area contributed by atoms with Crippen LogP contribution in [0.1, 0.15) is 45.2 Å². The van der Waals surface area contributed by atoms with E-state index >= 15 is 0 Å². The molecule has 1 rings (SSSR count). The second-order valence-electron chi connectivity index (χ2n) is 4.64. The van der Waals surface area contributed by atoms with E-state index in [-0.39, 0.29) is 11.9 Å². The molecule has 0 aliphatic carbocycles. The summed E-state index contributed by atoms with van der Waals surface area (Å²) < 4.78 is 5.19. The first-order valence-corrected chi connectivity index (χ1v) is 6.20. The number of carbonyl (C=O) groups excluding carboxylic acids is 1. The van der Waals surface area contributed by atoms with E-state index in [1.807, 2.05) is 32.0 Å². The maximum Gasteiger partial charge on any atom is 0.306 e. The topological polar surface area (TPSA) is 39.2 Å². The smallest absolute Gasteiger partial charge is 0.306 e. The molecule has 1 atom stereocenters. The second-order valence-corrected chi connectivity index (χ2v) is 4.64. The van der Waals surface area contributed by atoms with Gasteiger partial charge >= 0.3 is 5.97 Å². The van der Waals surface area contributed by atoms with Gasteiger partial charge in [-0.25, -0.2) is 0 Å². The molecule has 0 aliphatic rings. The summed E-state index contributed by atoms with van der Waals surface area (Å²) in [6.07, 6.45) is 3.07. The number of hydrogen-bond acceptors (Lipinski definition) is 3. The molecule has 0 amide bonds. The minimum Gasteiger partial charge on any atom is -0.465 e. The molecule has 94 valence electrons. The Morgan fingerprint density at radius 2 is 2.18 bits per heavy atom. The first kappa shape index (κ1) is 13.7. The third kappa shape index (κ3) is 4.98. The fourth-order valence-corrected chi connectivity index (χ4v) is 1.60. The van der Waals surface area contributed by atoms with Gasteiger partial charge in [0, 0.05) is 17.8 Å². The zero-order valence-corrected chi connectivity index (χ0v) is 10.8. The van der Waals surface area contributed by atoms with Crippen molar-refractivity contribution in [3.8, 4) is 0 Å². The number of carbonyl (C=O) groups is 1. The lowest BCUT2D eigenvalue weighted by Crippen LogP contribution is -2.14. The molecule has 0 saturated carbocycles. The van der Waals surface area contributed by atoms with Crippen LogP contribution in [0, 0.1) is 5.92 Å². The van der Waals surface area contributed by atoms with Crippen molar-refractivity contribution in [3.05, 3.63) is 30.1 Å². The highest BCUT2D eigenvalue weighted by Crippen LogP contribution is 2.21. The summed E-state index contributed by atoms with van der Waals surface area (Å²) in [5, 5.41) is 0. The Hall–Kier alpha value is -1.38. The van der Waals surface area contributed by atoms with E-state index in [4.69, 9.17) is 4.74 Å². The van der Waals surface area contributed by atoms with Crippen molar-refractivity contribution >= 4 is 5.97 Å².